The van der Waals surface area contributed by atoms with Crippen LogP contribution in [0.15, 0.2) is 0 Å². The minimum absolute atomic E-state index is 0.150. The lowest BCUT2D eigenvalue weighted by Crippen LogP contribution is -2.42. The average Bonchev–Trinajstić information content (AvgIpc) is 2.44. The van der Waals surface area contributed by atoms with Crippen molar-refractivity contribution in [3.05, 3.63) is 0 Å². The summed E-state index contributed by atoms with van der Waals surface area (Å²) < 4.78 is 0. The van der Waals surface area contributed by atoms with Gasteiger partial charge in [0.1, 0.15) is 0 Å². The SMILES string of the molecule is CNCCCCC1NC2CCCCC(CC2)C1=O. The molecule has 2 aliphatic rings. The van der Waals surface area contributed by atoms with Crippen LogP contribution in [0.1, 0.15) is 57.8 Å². The van der Waals surface area contributed by atoms with Crippen LogP contribution in [0, 0.1) is 5.92 Å². The quantitative estimate of drug-likeness (QED) is 0.737. The highest BCUT2D eigenvalue weighted by atomic mass is 16.1. The van der Waals surface area contributed by atoms with Gasteiger partial charge < -0.3 is 10.6 Å². The molecule has 1 saturated heterocycles. The summed E-state index contributed by atoms with van der Waals surface area (Å²) >= 11 is 0. The Hall–Kier alpha value is -0.410. The topological polar surface area (TPSA) is 41.1 Å². The fourth-order valence-corrected chi connectivity index (χ4v) is 3.45. The van der Waals surface area contributed by atoms with E-state index in [9.17, 15) is 4.79 Å². The zero-order valence-electron chi connectivity index (χ0n) is 11.7. The summed E-state index contributed by atoms with van der Waals surface area (Å²) in [5.41, 5.74) is 0. The Morgan fingerprint density at radius 1 is 1.17 bits per heavy atom. The molecule has 0 radical (unpaired) electrons. The minimum atomic E-state index is 0.150. The van der Waals surface area contributed by atoms with Gasteiger partial charge in [-0.05, 0) is 52.1 Å². The van der Waals surface area contributed by atoms with Gasteiger partial charge in [-0.3, -0.25) is 4.79 Å². The Bertz CT molecular complexity index is 267. The molecular formula is C15H28N2O. The summed E-state index contributed by atoms with van der Waals surface area (Å²) in [7, 11) is 1.99. The van der Waals surface area contributed by atoms with Gasteiger partial charge in [-0.15, -0.1) is 0 Å². The molecule has 1 aliphatic heterocycles. The van der Waals surface area contributed by atoms with Crippen LogP contribution in [0.25, 0.3) is 0 Å². The molecule has 1 saturated carbocycles. The van der Waals surface area contributed by atoms with Crippen LogP contribution in [-0.2, 0) is 4.79 Å². The highest BCUT2D eigenvalue weighted by Gasteiger charge is 2.33. The third-order valence-corrected chi connectivity index (χ3v) is 4.57. The van der Waals surface area contributed by atoms with Crippen LogP contribution in [0.2, 0.25) is 0 Å². The molecule has 0 spiro atoms. The average molecular weight is 252 g/mol. The van der Waals surface area contributed by atoms with Crippen LogP contribution in [0.3, 0.4) is 0 Å². The molecule has 3 atom stereocenters. The lowest BCUT2D eigenvalue weighted by Gasteiger charge is -2.21. The largest absolute Gasteiger partial charge is 0.320 e. The highest BCUT2D eigenvalue weighted by Crippen LogP contribution is 2.28. The zero-order valence-corrected chi connectivity index (χ0v) is 11.7. The number of Topliss-reactive ketones (excluding diaryl/α,β-unsaturated/α-hetero) is 1. The summed E-state index contributed by atoms with van der Waals surface area (Å²) in [6.07, 6.45) is 10.7. The molecule has 2 bridgehead atoms. The number of rotatable bonds is 5. The fourth-order valence-electron chi connectivity index (χ4n) is 3.45. The molecule has 0 aromatic heterocycles. The Labute approximate surface area is 111 Å². The number of hydrogen-bond acceptors (Lipinski definition) is 3. The van der Waals surface area contributed by atoms with Crippen LogP contribution in [-0.4, -0.2) is 31.5 Å². The third-order valence-electron chi connectivity index (χ3n) is 4.57. The Balaban J connectivity index is 1.89. The lowest BCUT2D eigenvalue weighted by molar-refractivity contribution is -0.125. The summed E-state index contributed by atoms with van der Waals surface area (Å²) in [6, 6.07) is 0.756. The van der Waals surface area contributed by atoms with Crippen LogP contribution >= 0.6 is 0 Å². The molecule has 18 heavy (non-hydrogen) atoms. The van der Waals surface area contributed by atoms with E-state index >= 15 is 0 Å². The molecule has 3 nitrogen and oxygen atoms in total. The van der Waals surface area contributed by atoms with Crippen LogP contribution in [0.5, 0.6) is 0 Å². The van der Waals surface area contributed by atoms with Crippen molar-refractivity contribution in [3.63, 3.8) is 0 Å². The second-order valence-corrected chi connectivity index (χ2v) is 5.98. The van der Waals surface area contributed by atoms with E-state index in [-0.39, 0.29) is 6.04 Å². The van der Waals surface area contributed by atoms with Crippen molar-refractivity contribution in [2.24, 2.45) is 5.92 Å². The van der Waals surface area contributed by atoms with Gasteiger partial charge in [-0.25, -0.2) is 0 Å². The van der Waals surface area contributed by atoms with Gasteiger partial charge in [-0.2, -0.15) is 0 Å². The van der Waals surface area contributed by atoms with E-state index in [1.54, 1.807) is 0 Å². The van der Waals surface area contributed by atoms with E-state index in [4.69, 9.17) is 0 Å². The maximum atomic E-state index is 12.5. The van der Waals surface area contributed by atoms with Crippen molar-refractivity contribution in [2.45, 2.75) is 69.9 Å². The summed E-state index contributed by atoms with van der Waals surface area (Å²) in [5, 5.41) is 6.82. The Kier molecular flexibility index (Phi) is 5.64. The van der Waals surface area contributed by atoms with Gasteiger partial charge in [0.2, 0.25) is 0 Å². The van der Waals surface area contributed by atoms with Crippen molar-refractivity contribution in [1.82, 2.24) is 10.6 Å². The van der Waals surface area contributed by atoms with E-state index in [2.05, 4.69) is 10.6 Å². The number of ketones is 1. The molecule has 0 aromatic carbocycles. The molecule has 0 amide bonds. The van der Waals surface area contributed by atoms with Crippen molar-refractivity contribution in [1.29, 1.82) is 0 Å². The predicted octanol–water partition coefficient (Wildman–Crippen LogP) is 2.26. The molecule has 2 N–H and O–H groups in total. The molecule has 3 unspecified atom stereocenters. The van der Waals surface area contributed by atoms with Crippen molar-refractivity contribution >= 4 is 5.78 Å². The van der Waals surface area contributed by atoms with Gasteiger partial charge in [-0.1, -0.05) is 19.3 Å². The highest BCUT2D eigenvalue weighted by molar-refractivity contribution is 5.86. The van der Waals surface area contributed by atoms with Gasteiger partial charge in [0.05, 0.1) is 6.04 Å². The monoisotopic (exact) mass is 252 g/mol. The van der Waals surface area contributed by atoms with E-state index in [1.165, 1.54) is 32.1 Å². The minimum Gasteiger partial charge on any atom is -0.320 e. The van der Waals surface area contributed by atoms with Gasteiger partial charge in [0.15, 0.2) is 5.78 Å². The molecule has 2 fully saturated rings. The number of fused-ring (bicyclic) bond motifs is 3. The number of nitrogens with one attached hydrogen (secondary N) is 2. The van der Waals surface area contributed by atoms with Gasteiger partial charge in [0, 0.05) is 12.0 Å². The molecule has 3 heteroatoms. The molecule has 2 rings (SSSR count). The Morgan fingerprint density at radius 3 is 2.83 bits per heavy atom. The molecule has 1 aliphatic carbocycles. The maximum Gasteiger partial charge on any atom is 0.152 e. The standard InChI is InChI=1S/C15H28N2O/c1-16-11-5-4-8-14-15(18)12-6-2-3-7-13(17-14)10-9-12/h12-14,16-17H,2-11H2,1H3. The number of carbonyl (C=O) groups is 1. The zero-order chi connectivity index (χ0) is 12.8. The van der Waals surface area contributed by atoms with Crippen molar-refractivity contribution < 1.29 is 4.79 Å². The van der Waals surface area contributed by atoms with Gasteiger partial charge >= 0.3 is 0 Å². The number of hydrogen-bond donors (Lipinski definition) is 2. The van der Waals surface area contributed by atoms with E-state index in [0.717, 1.165) is 32.2 Å². The first kappa shape index (κ1) is 14.0. The fraction of sp³-hybridized carbons (Fsp3) is 0.933. The summed E-state index contributed by atoms with van der Waals surface area (Å²) in [4.78, 5) is 12.5. The molecule has 0 aromatic rings. The molecular weight excluding hydrogens is 224 g/mol. The molecule has 104 valence electrons. The first-order chi connectivity index (χ1) is 8.81. The smallest absolute Gasteiger partial charge is 0.152 e. The second-order valence-electron chi connectivity index (χ2n) is 5.98. The summed E-state index contributed by atoms with van der Waals surface area (Å²) in [5.74, 6) is 0.876. The molecule has 1 heterocycles. The van der Waals surface area contributed by atoms with Crippen molar-refractivity contribution in [2.75, 3.05) is 13.6 Å². The van der Waals surface area contributed by atoms with E-state index < -0.39 is 0 Å². The first-order valence-electron chi connectivity index (χ1n) is 7.75. The van der Waals surface area contributed by atoms with Gasteiger partial charge in [0.25, 0.3) is 0 Å². The summed E-state index contributed by atoms with van der Waals surface area (Å²) in [6.45, 7) is 1.06. The first-order valence-corrected chi connectivity index (χ1v) is 7.75. The lowest BCUT2D eigenvalue weighted by atomic mass is 9.86. The van der Waals surface area contributed by atoms with Crippen molar-refractivity contribution in [3.8, 4) is 0 Å². The maximum absolute atomic E-state index is 12.5. The number of unbranched alkanes of at least 4 members (excludes halogenated alkanes) is 1. The second kappa shape index (κ2) is 7.25. The Morgan fingerprint density at radius 2 is 2.00 bits per heavy atom. The predicted molar refractivity (Wildman–Crippen MR) is 74.7 cm³/mol. The third kappa shape index (κ3) is 3.79. The van der Waals surface area contributed by atoms with Crippen LogP contribution < -0.4 is 10.6 Å². The van der Waals surface area contributed by atoms with E-state index in [1.807, 2.05) is 7.05 Å². The normalized spacial score (nSPS) is 32.9. The van der Waals surface area contributed by atoms with E-state index in [0.29, 0.717) is 17.7 Å². The number of carbonyl (C=O) groups excluding carboxylic acids is 1. The van der Waals surface area contributed by atoms with Crippen LogP contribution in [0.4, 0.5) is 0 Å².